The van der Waals surface area contributed by atoms with Crippen molar-refractivity contribution >= 4 is 29.9 Å². The molecule has 0 aliphatic heterocycles. The van der Waals surface area contributed by atoms with Gasteiger partial charge in [0.25, 0.3) is 0 Å². The number of rotatable bonds is 8. The van der Waals surface area contributed by atoms with Crippen LogP contribution >= 0.6 is 24.0 Å². The number of hydrogen-bond acceptors (Lipinski definition) is 4. The minimum atomic E-state index is -0.310. The van der Waals surface area contributed by atoms with Crippen LogP contribution in [-0.4, -0.2) is 24.6 Å². The Balaban J connectivity index is 0.00000341. The molecule has 0 aliphatic rings. The number of guanidine groups is 1. The lowest BCUT2D eigenvalue weighted by Gasteiger charge is -2.13. The highest BCUT2D eigenvalue weighted by Crippen LogP contribution is 2.20. The van der Waals surface area contributed by atoms with E-state index in [0.29, 0.717) is 30.7 Å². The van der Waals surface area contributed by atoms with Crippen molar-refractivity contribution in [3.8, 4) is 17.4 Å². The predicted molar refractivity (Wildman–Crippen MR) is 131 cm³/mol. The van der Waals surface area contributed by atoms with E-state index < -0.39 is 0 Å². The fourth-order valence-corrected chi connectivity index (χ4v) is 2.77. The highest BCUT2D eigenvalue weighted by molar-refractivity contribution is 14.0. The van der Waals surface area contributed by atoms with Gasteiger partial charge in [-0.3, -0.25) is 0 Å². The van der Waals surface area contributed by atoms with E-state index in [1.54, 1.807) is 25.4 Å². The number of ether oxygens (including phenoxy) is 2. The van der Waals surface area contributed by atoms with Gasteiger partial charge >= 0.3 is 0 Å². The largest absolute Gasteiger partial charge is 0.496 e. The summed E-state index contributed by atoms with van der Waals surface area (Å²) in [6.45, 7) is 3.79. The lowest BCUT2D eigenvalue weighted by Crippen LogP contribution is -2.36. The molecule has 0 amide bonds. The summed E-state index contributed by atoms with van der Waals surface area (Å²) in [6.07, 6.45) is 1.67. The van der Waals surface area contributed by atoms with E-state index in [0.717, 1.165) is 23.4 Å². The zero-order valence-electron chi connectivity index (χ0n) is 17.5. The Kier molecular flexibility index (Phi) is 10.0. The number of methoxy groups -OCH3 is 1. The average molecular weight is 536 g/mol. The van der Waals surface area contributed by atoms with Gasteiger partial charge in [-0.2, -0.15) is 0 Å². The van der Waals surface area contributed by atoms with Crippen LogP contribution in [0.3, 0.4) is 0 Å². The van der Waals surface area contributed by atoms with Crippen molar-refractivity contribution in [1.29, 1.82) is 0 Å². The normalized spacial score (nSPS) is 10.7. The van der Waals surface area contributed by atoms with Gasteiger partial charge in [0.2, 0.25) is 5.88 Å². The molecule has 8 heteroatoms. The molecule has 0 atom stereocenters. The predicted octanol–water partition coefficient (Wildman–Crippen LogP) is 4.89. The van der Waals surface area contributed by atoms with E-state index >= 15 is 0 Å². The van der Waals surface area contributed by atoms with Crippen LogP contribution in [0.4, 0.5) is 4.39 Å². The molecule has 1 heterocycles. The monoisotopic (exact) mass is 536 g/mol. The van der Waals surface area contributed by atoms with Crippen molar-refractivity contribution < 1.29 is 13.9 Å². The second kappa shape index (κ2) is 12.7. The Morgan fingerprint density at radius 1 is 1.06 bits per heavy atom. The van der Waals surface area contributed by atoms with E-state index in [1.807, 2.05) is 43.3 Å². The fraction of sp³-hybridized carbons (Fsp3) is 0.217. The maximum atomic E-state index is 13.0. The number of benzene rings is 2. The topological polar surface area (TPSA) is 67.8 Å². The van der Waals surface area contributed by atoms with Gasteiger partial charge in [0, 0.05) is 30.9 Å². The highest BCUT2D eigenvalue weighted by atomic mass is 127. The molecule has 2 aromatic carbocycles. The van der Waals surface area contributed by atoms with E-state index in [-0.39, 0.29) is 29.8 Å². The Labute approximate surface area is 198 Å². The van der Waals surface area contributed by atoms with Crippen LogP contribution in [0.15, 0.2) is 71.9 Å². The zero-order chi connectivity index (χ0) is 21.2. The molecular weight excluding hydrogens is 510 g/mol. The number of aromatic nitrogens is 1. The van der Waals surface area contributed by atoms with Crippen molar-refractivity contribution in [3.63, 3.8) is 0 Å². The van der Waals surface area contributed by atoms with Gasteiger partial charge < -0.3 is 20.1 Å². The molecule has 0 saturated carbocycles. The van der Waals surface area contributed by atoms with Gasteiger partial charge in [-0.15, -0.1) is 24.0 Å². The standard InChI is InChI=1S/C23H25FN4O2.HI/c1-3-25-23(28-16-18-6-4-5-7-21(18)29-2)27-15-17-12-13-26-22(14-17)30-20-10-8-19(24)9-11-20;/h4-14H,3,15-16H2,1-2H3,(H2,25,27,28);1H. The molecule has 2 N–H and O–H groups in total. The molecule has 0 fully saturated rings. The van der Waals surface area contributed by atoms with Gasteiger partial charge in [-0.25, -0.2) is 14.4 Å². The first-order chi connectivity index (χ1) is 14.7. The number of pyridine rings is 1. The quantitative estimate of drug-likeness (QED) is 0.244. The number of halogens is 2. The minimum Gasteiger partial charge on any atom is -0.496 e. The Morgan fingerprint density at radius 3 is 2.58 bits per heavy atom. The summed E-state index contributed by atoms with van der Waals surface area (Å²) in [5, 5.41) is 6.55. The Bertz CT molecular complexity index is 983. The van der Waals surface area contributed by atoms with Crippen LogP contribution in [0.25, 0.3) is 0 Å². The molecule has 0 unspecified atom stereocenters. The van der Waals surface area contributed by atoms with Crippen LogP contribution in [-0.2, 0) is 13.1 Å². The SMILES string of the molecule is CCNC(=NCc1ccnc(Oc2ccc(F)cc2)c1)NCc1ccccc1OC.I. The van der Waals surface area contributed by atoms with Gasteiger partial charge in [0.05, 0.1) is 13.7 Å². The third-order valence-electron chi connectivity index (χ3n) is 4.24. The van der Waals surface area contributed by atoms with E-state index in [1.165, 1.54) is 12.1 Å². The zero-order valence-corrected chi connectivity index (χ0v) is 19.8. The van der Waals surface area contributed by atoms with Crippen molar-refractivity contribution in [2.45, 2.75) is 20.0 Å². The molecule has 3 aromatic rings. The number of aliphatic imine (C=N–C) groups is 1. The Morgan fingerprint density at radius 2 is 1.84 bits per heavy atom. The molecule has 1 aromatic heterocycles. The molecule has 164 valence electrons. The molecule has 0 bridgehead atoms. The van der Waals surface area contributed by atoms with Crippen molar-refractivity contribution in [1.82, 2.24) is 15.6 Å². The number of hydrogen-bond donors (Lipinski definition) is 2. The van der Waals surface area contributed by atoms with E-state index in [2.05, 4.69) is 20.6 Å². The number of nitrogens with one attached hydrogen (secondary N) is 2. The molecule has 0 aliphatic carbocycles. The molecule has 0 saturated heterocycles. The van der Waals surface area contributed by atoms with Crippen LogP contribution < -0.4 is 20.1 Å². The lowest BCUT2D eigenvalue weighted by atomic mass is 10.2. The molecule has 6 nitrogen and oxygen atoms in total. The second-order valence-corrected chi connectivity index (χ2v) is 6.42. The van der Waals surface area contributed by atoms with Crippen molar-refractivity contribution in [3.05, 3.63) is 83.8 Å². The van der Waals surface area contributed by atoms with Gasteiger partial charge in [0.15, 0.2) is 5.96 Å². The van der Waals surface area contributed by atoms with E-state index in [9.17, 15) is 4.39 Å². The Hall–Kier alpha value is -2.88. The molecule has 0 spiro atoms. The average Bonchev–Trinajstić information content (AvgIpc) is 2.78. The summed E-state index contributed by atoms with van der Waals surface area (Å²) in [7, 11) is 1.66. The molecule has 31 heavy (non-hydrogen) atoms. The first kappa shape index (κ1) is 24.4. The van der Waals surface area contributed by atoms with Gasteiger partial charge in [-0.05, 0) is 48.9 Å². The molecule has 0 radical (unpaired) electrons. The summed E-state index contributed by atoms with van der Waals surface area (Å²) in [4.78, 5) is 8.84. The number of para-hydroxylation sites is 1. The summed E-state index contributed by atoms with van der Waals surface area (Å²) in [6, 6.07) is 17.4. The fourth-order valence-electron chi connectivity index (χ4n) is 2.77. The third kappa shape index (κ3) is 7.71. The van der Waals surface area contributed by atoms with Gasteiger partial charge in [0.1, 0.15) is 17.3 Å². The van der Waals surface area contributed by atoms with Gasteiger partial charge in [-0.1, -0.05) is 18.2 Å². The van der Waals surface area contributed by atoms with Crippen molar-refractivity contribution in [2.75, 3.05) is 13.7 Å². The molecule has 3 rings (SSSR count). The second-order valence-electron chi connectivity index (χ2n) is 6.42. The smallest absolute Gasteiger partial charge is 0.219 e. The summed E-state index contributed by atoms with van der Waals surface area (Å²) >= 11 is 0. The third-order valence-corrected chi connectivity index (χ3v) is 4.24. The first-order valence-electron chi connectivity index (χ1n) is 9.70. The van der Waals surface area contributed by atoms with E-state index in [4.69, 9.17) is 9.47 Å². The summed E-state index contributed by atoms with van der Waals surface area (Å²) in [5.41, 5.74) is 1.99. The number of nitrogens with zero attached hydrogens (tertiary/aromatic N) is 2. The van der Waals surface area contributed by atoms with Crippen LogP contribution in [0.5, 0.6) is 17.4 Å². The molecular formula is C23H26FIN4O2. The van der Waals surface area contributed by atoms with Crippen LogP contribution in [0.2, 0.25) is 0 Å². The lowest BCUT2D eigenvalue weighted by molar-refractivity contribution is 0.409. The highest BCUT2D eigenvalue weighted by Gasteiger charge is 2.05. The van der Waals surface area contributed by atoms with Crippen LogP contribution in [0, 0.1) is 5.82 Å². The summed E-state index contributed by atoms with van der Waals surface area (Å²) in [5.74, 6) is 2.17. The minimum absolute atomic E-state index is 0. The van der Waals surface area contributed by atoms with Crippen LogP contribution in [0.1, 0.15) is 18.1 Å². The first-order valence-corrected chi connectivity index (χ1v) is 9.70. The summed E-state index contributed by atoms with van der Waals surface area (Å²) < 4.78 is 24.1. The van der Waals surface area contributed by atoms with Crippen molar-refractivity contribution in [2.24, 2.45) is 4.99 Å². The maximum Gasteiger partial charge on any atom is 0.219 e. The maximum absolute atomic E-state index is 13.0.